The highest BCUT2D eigenvalue weighted by Crippen LogP contribution is 2.35. The number of rotatable bonds is 0. The molecule has 1 heterocycles. The molecule has 0 saturated heterocycles. The summed E-state index contributed by atoms with van der Waals surface area (Å²) in [5.74, 6) is 0. The van der Waals surface area contributed by atoms with E-state index in [0.29, 0.717) is 0 Å². The molecule has 0 radical (unpaired) electrons. The summed E-state index contributed by atoms with van der Waals surface area (Å²) in [6.45, 7) is 2.18. The van der Waals surface area contributed by atoms with Gasteiger partial charge in [-0.15, -0.1) is 0 Å². The summed E-state index contributed by atoms with van der Waals surface area (Å²) >= 11 is 0. The van der Waals surface area contributed by atoms with Gasteiger partial charge in [0.05, 0.1) is 0 Å². The number of hydrogen-bond acceptors (Lipinski definition) is 0. The minimum atomic E-state index is 1.24. The van der Waals surface area contributed by atoms with Crippen LogP contribution in [0.5, 0.6) is 0 Å². The SMILES string of the molecule is Cc1cc2cccc3[nH]c4cccc1c4c23. The highest BCUT2D eigenvalue weighted by Gasteiger charge is 2.11. The Bertz CT molecular complexity index is 808. The maximum absolute atomic E-state index is 3.49. The van der Waals surface area contributed by atoms with E-state index in [-0.39, 0.29) is 0 Å². The molecule has 0 aliphatic rings. The Morgan fingerprint density at radius 1 is 0.875 bits per heavy atom. The van der Waals surface area contributed by atoms with Gasteiger partial charge in [0.1, 0.15) is 0 Å². The van der Waals surface area contributed by atoms with E-state index in [0.717, 1.165) is 0 Å². The molecule has 0 aliphatic carbocycles. The Morgan fingerprint density at radius 2 is 1.62 bits per heavy atom. The molecule has 16 heavy (non-hydrogen) atoms. The maximum atomic E-state index is 3.49. The molecule has 1 N–H and O–H groups in total. The third kappa shape index (κ3) is 0.820. The van der Waals surface area contributed by atoms with E-state index in [1.165, 1.54) is 38.1 Å². The summed E-state index contributed by atoms with van der Waals surface area (Å²) in [7, 11) is 0. The van der Waals surface area contributed by atoms with Gasteiger partial charge in [0, 0.05) is 21.8 Å². The molecule has 0 saturated carbocycles. The fourth-order valence-electron chi connectivity index (χ4n) is 2.78. The Hall–Kier alpha value is -2.02. The maximum Gasteiger partial charge on any atom is 0.0471 e. The number of aromatic amines is 1. The van der Waals surface area contributed by atoms with Crippen molar-refractivity contribution < 1.29 is 0 Å². The van der Waals surface area contributed by atoms with Gasteiger partial charge in [0.15, 0.2) is 0 Å². The van der Waals surface area contributed by atoms with Crippen LogP contribution < -0.4 is 0 Å². The number of aryl methyl sites for hydroxylation is 1. The van der Waals surface area contributed by atoms with Gasteiger partial charge >= 0.3 is 0 Å². The molecule has 76 valence electrons. The Morgan fingerprint density at radius 3 is 2.50 bits per heavy atom. The van der Waals surface area contributed by atoms with E-state index in [1.807, 2.05) is 0 Å². The first-order valence-electron chi connectivity index (χ1n) is 5.57. The van der Waals surface area contributed by atoms with Crippen LogP contribution in [0, 0.1) is 6.92 Å². The fourth-order valence-corrected chi connectivity index (χ4v) is 2.78. The van der Waals surface area contributed by atoms with Crippen LogP contribution in [0.15, 0.2) is 42.5 Å². The second-order valence-corrected chi connectivity index (χ2v) is 4.45. The number of aromatic nitrogens is 1. The van der Waals surface area contributed by atoms with E-state index < -0.39 is 0 Å². The van der Waals surface area contributed by atoms with Crippen molar-refractivity contribution in [1.82, 2.24) is 4.98 Å². The molecule has 0 bridgehead atoms. The van der Waals surface area contributed by atoms with Crippen molar-refractivity contribution >= 4 is 32.6 Å². The lowest BCUT2D eigenvalue weighted by atomic mass is 9.98. The van der Waals surface area contributed by atoms with Gasteiger partial charge in [-0.3, -0.25) is 0 Å². The standard InChI is InChI=1S/C15H11N/c1-9-8-10-4-2-6-12-14(10)15-11(9)5-3-7-13(15)16-12/h2-8,16H,1H3. The average Bonchev–Trinajstić information content (AvgIpc) is 2.67. The zero-order chi connectivity index (χ0) is 10.7. The molecule has 4 aromatic rings. The van der Waals surface area contributed by atoms with Crippen LogP contribution in [0.1, 0.15) is 5.56 Å². The van der Waals surface area contributed by atoms with Gasteiger partial charge in [-0.2, -0.15) is 0 Å². The van der Waals surface area contributed by atoms with E-state index in [1.54, 1.807) is 0 Å². The second kappa shape index (κ2) is 2.56. The lowest BCUT2D eigenvalue weighted by Crippen LogP contribution is -1.80. The van der Waals surface area contributed by atoms with Crippen molar-refractivity contribution in [2.75, 3.05) is 0 Å². The van der Waals surface area contributed by atoms with E-state index in [2.05, 4.69) is 54.4 Å². The molecule has 1 nitrogen and oxygen atoms in total. The van der Waals surface area contributed by atoms with Gasteiger partial charge in [-0.1, -0.05) is 30.3 Å². The van der Waals surface area contributed by atoms with Crippen LogP contribution >= 0.6 is 0 Å². The number of benzene rings is 3. The minimum absolute atomic E-state index is 1.24. The molecule has 0 atom stereocenters. The molecule has 0 spiro atoms. The molecule has 0 amide bonds. The summed E-state index contributed by atoms with van der Waals surface area (Å²) in [6.07, 6.45) is 0. The van der Waals surface area contributed by atoms with Crippen molar-refractivity contribution in [3.63, 3.8) is 0 Å². The summed E-state index contributed by atoms with van der Waals surface area (Å²) in [5.41, 5.74) is 3.83. The molecule has 1 aromatic heterocycles. The first kappa shape index (κ1) is 8.17. The zero-order valence-electron chi connectivity index (χ0n) is 9.04. The average molecular weight is 205 g/mol. The van der Waals surface area contributed by atoms with Crippen molar-refractivity contribution in [2.24, 2.45) is 0 Å². The number of hydrogen-bond donors (Lipinski definition) is 1. The smallest absolute Gasteiger partial charge is 0.0471 e. The third-order valence-electron chi connectivity index (χ3n) is 3.48. The van der Waals surface area contributed by atoms with Crippen LogP contribution in [0.3, 0.4) is 0 Å². The van der Waals surface area contributed by atoms with Crippen LogP contribution in [0.25, 0.3) is 32.6 Å². The lowest BCUT2D eigenvalue weighted by Gasteiger charge is -2.04. The largest absolute Gasteiger partial charge is 0.354 e. The Balaban J connectivity index is 2.53. The zero-order valence-corrected chi connectivity index (χ0v) is 9.04. The topological polar surface area (TPSA) is 15.8 Å². The number of H-pyrrole nitrogens is 1. The molecule has 4 rings (SSSR count). The highest BCUT2D eigenvalue weighted by molar-refractivity contribution is 6.23. The Labute approximate surface area is 93.0 Å². The predicted molar refractivity (Wildman–Crippen MR) is 69.2 cm³/mol. The van der Waals surface area contributed by atoms with Crippen molar-refractivity contribution in [3.8, 4) is 0 Å². The van der Waals surface area contributed by atoms with Gasteiger partial charge in [-0.05, 0) is 35.4 Å². The van der Waals surface area contributed by atoms with Crippen molar-refractivity contribution in [3.05, 3.63) is 48.0 Å². The molecule has 0 unspecified atom stereocenters. The fraction of sp³-hybridized carbons (Fsp3) is 0.0667. The van der Waals surface area contributed by atoms with Crippen molar-refractivity contribution in [2.45, 2.75) is 6.92 Å². The molecule has 1 heteroatoms. The van der Waals surface area contributed by atoms with E-state index in [4.69, 9.17) is 0 Å². The summed E-state index contributed by atoms with van der Waals surface area (Å²) in [4.78, 5) is 3.49. The Kier molecular flexibility index (Phi) is 1.31. The number of nitrogens with one attached hydrogen (secondary N) is 1. The molecule has 0 fully saturated rings. The van der Waals surface area contributed by atoms with Crippen LogP contribution in [0.2, 0.25) is 0 Å². The minimum Gasteiger partial charge on any atom is -0.354 e. The van der Waals surface area contributed by atoms with Crippen molar-refractivity contribution in [1.29, 1.82) is 0 Å². The second-order valence-electron chi connectivity index (χ2n) is 4.45. The first-order chi connectivity index (χ1) is 7.84. The molecule has 3 aromatic carbocycles. The monoisotopic (exact) mass is 205 g/mol. The van der Waals surface area contributed by atoms with Crippen LogP contribution in [0.4, 0.5) is 0 Å². The first-order valence-corrected chi connectivity index (χ1v) is 5.57. The molecular formula is C15H11N. The summed E-state index contributed by atoms with van der Waals surface area (Å²) in [6, 6.07) is 15.2. The molecular weight excluding hydrogens is 194 g/mol. The quantitative estimate of drug-likeness (QED) is 0.414. The van der Waals surface area contributed by atoms with E-state index >= 15 is 0 Å². The van der Waals surface area contributed by atoms with E-state index in [9.17, 15) is 0 Å². The van der Waals surface area contributed by atoms with Gasteiger partial charge in [0.2, 0.25) is 0 Å². The third-order valence-corrected chi connectivity index (χ3v) is 3.48. The van der Waals surface area contributed by atoms with Gasteiger partial charge in [0.25, 0.3) is 0 Å². The van der Waals surface area contributed by atoms with Gasteiger partial charge < -0.3 is 4.98 Å². The predicted octanol–water partition coefficient (Wildman–Crippen LogP) is 4.22. The molecule has 0 aliphatic heterocycles. The lowest BCUT2D eigenvalue weighted by molar-refractivity contribution is 1.55. The van der Waals surface area contributed by atoms with Crippen LogP contribution in [-0.2, 0) is 0 Å². The van der Waals surface area contributed by atoms with Crippen LogP contribution in [-0.4, -0.2) is 4.98 Å². The van der Waals surface area contributed by atoms with Gasteiger partial charge in [-0.25, -0.2) is 0 Å². The highest BCUT2D eigenvalue weighted by atomic mass is 14.7. The normalized spacial score (nSPS) is 12.1. The summed E-state index contributed by atoms with van der Waals surface area (Å²) in [5, 5.41) is 5.45. The summed E-state index contributed by atoms with van der Waals surface area (Å²) < 4.78 is 0.